The van der Waals surface area contributed by atoms with Crippen LogP contribution in [0.5, 0.6) is 0 Å². The van der Waals surface area contributed by atoms with Gasteiger partial charge in [0.25, 0.3) is 5.91 Å². The second-order valence-corrected chi connectivity index (χ2v) is 3.77. The molecule has 1 aromatic heterocycles. The fraction of sp³-hybridized carbons (Fsp3) is 0.0909. The van der Waals surface area contributed by atoms with Gasteiger partial charge in [-0.3, -0.25) is 14.9 Å². The molecule has 0 fully saturated rings. The molecule has 2 rings (SSSR count). The van der Waals surface area contributed by atoms with Crippen molar-refractivity contribution < 1.29 is 18.5 Å². The number of aromatic nitrogens is 2. The third kappa shape index (κ3) is 2.60. The van der Waals surface area contributed by atoms with Gasteiger partial charge in [-0.15, -0.1) is 0 Å². The minimum atomic E-state index is -1.50. The van der Waals surface area contributed by atoms with Crippen LogP contribution in [0.2, 0.25) is 0 Å². The van der Waals surface area contributed by atoms with E-state index in [1.807, 2.05) is 0 Å². The number of amides is 1. The second kappa shape index (κ2) is 5.43. The lowest BCUT2D eigenvalue weighted by molar-refractivity contribution is -0.387. The van der Waals surface area contributed by atoms with Crippen LogP contribution in [0.25, 0.3) is 0 Å². The molecule has 0 aliphatic rings. The molecule has 104 valence electrons. The van der Waals surface area contributed by atoms with Crippen molar-refractivity contribution in [3.8, 4) is 0 Å². The summed E-state index contributed by atoms with van der Waals surface area (Å²) >= 11 is 0. The van der Waals surface area contributed by atoms with Crippen LogP contribution in [0.4, 0.5) is 14.5 Å². The normalized spacial score (nSPS) is 10.3. The lowest BCUT2D eigenvalue weighted by atomic mass is 10.1. The molecule has 0 saturated carbocycles. The number of hydrogen-bond acceptors (Lipinski definition) is 4. The standard InChI is InChI=1S/C11H8F2N4O3/c12-7-1-2-8(17(19)20)10(13)9(7)11(18)15-4-6-3-14-5-16-6/h1-3,5H,4H2,(H,14,16)(H,15,18). The Balaban J connectivity index is 2.25. The quantitative estimate of drug-likeness (QED) is 0.655. The highest BCUT2D eigenvalue weighted by Crippen LogP contribution is 2.22. The summed E-state index contributed by atoms with van der Waals surface area (Å²) in [6.45, 7) is -0.0413. The first-order chi connectivity index (χ1) is 9.50. The van der Waals surface area contributed by atoms with E-state index >= 15 is 0 Å². The van der Waals surface area contributed by atoms with Gasteiger partial charge in [0, 0.05) is 12.3 Å². The van der Waals surface area contributed by atoms with Gasteiger partial charge >= 0.3 is 5.69 Å². The maximum Gasteiger partial charge on any atom is 0.305 e. The van der Waals surface area contributed by atoms with E-state index in [-0.39, 0.29) is 6.54 Å². The summed E-state index contributed by atoms with van der Waals surface area (Å²) in [6.07, 6.45) is 2.79. The smallest absolute Gasteiger partial charge is 0.305 e. The molecular formula is C11H8F2N4O3. The molecule has 0 unspecified atom stereocenters. The number of imidazole rings is 1. The maximum absolute atomic E-state index is 13.7. The van der Waals surface area contributed by atoms with E-state index in [2.05, 4.69) is 15.3 Å². The predicted octanol–water partition coefficient (Wildman–Crippen LogP) is 1.53. The number of carbonyl (C=O) groups is 1. The molecule has 7 nitrogen and oxygen atoms in total. The molecule has 0 saturated heterocycles. The van der Waals surface area contributed by atoms with Gasteiger partial charge in [0.2, 0.25) is 5.82 Å². The molecule has 1 amide bonds. The van der Waals surface area contributed by atoms with E-state index in [0.717, 1.165) is 0 Å². The third-order valence-electron chi connectivity index (χ3n) is 2.49. The Kier molecular flexibility index (Phi) is 3.69. The molecule has 0 spiro atoms. The molecule has 0 bridgehead atoms. The number of nitrogens with one attached hydrogen (secondary N) is 2. The summed E-state index contributed by atoms with van der Waals surface area (Å²) in [7, 11) is 0. The van der Waals surface area contributed by atoms with Gasteiger partial charge < -0.3 is 10.3 Å². The van der Waals surface area contributed by atoms with Crippen LogP contribution in [-0.4, -0.2) is 20.8 Å². The molecule has 1 aromatic carbocycles. The molecule has 2 aromatic rings. The predicted molar refractivity (Wildman–Crippen MR) is 62.8 cm³/mol. The van der Waals surface area contributed by atoms with Crippen molar-refractivity contribution in [2.45, 2.75) is 6.54 Å². The Bertz CT molecular complexity index is 658. The van der Waals surface area contributed by atoms with Gasteiger partial charge in [-0.1, -0.05) is 0 Å². The van der Waals surface area contributed by atoms with Gasteiger partial charge in [-0.05, 0) is 6.07 Å². The number of nitrogens with zero attached hydrogens (tertiary/aromatic N) is 2. The fourth-order valence-corrected chi connectivity index (χ4v) is 1.54. The van der Waals surface area contributed by atoms with Crippen molar-refractivity contribution in [2.75, 3.05) is 0 Å². The van der Waals surface area contributed by atoms with E-state index in [9.17, 15) is 23.7 Å². The van der Waals surface area contributed by atoms with E-state index < -0.39 is 33.7 Å². The van der Waals surface area contributed by atoms with Crippen molar-refractivity contribution in [2.24, 2.45) is 0 Å². The van der Waals surface area contributed by atoms with Gasteiger partial charge in [-0.2, -0.15) is 4.39 Å². The van der Waals surface area contributed by atoms with Gasteiger partial charge in [0.1, 0.15) is 11.4 Å². The van der Waals surface area contributed by atoms with Crippen LogP contribution in [0.1, 0.15) is 16.1 Å². The van der Waals surface area contributed by atoms with E-state index in [1.165, 1.54) is 12.5 Å². The number of benzene rings is 1. The topological polar surface area (TPSA) is 101 Å². The van der Waals surface area contributed by atoms with Crippen LogP contribution < -0.4 is 5.32 Å². The lowest BCUT2D eigenvalue weighted by Crippen LogP contribution is -2.25. The number of H-pyrrole nitrogens is 1. The molecule has 1 heterocycles. The molecule has 9 heteroatoms. The molecule has 0 atom stereocenters. The van der Waals surface area contributed by atoms with Crippen molar-refractivity contribution in [1.82, 2.24) is 15.3 Å². The Hall–Kier alpha value is -2.84. The van der Waals surface area contributed by atoms with Gasteiger partial charge in [0.05, 0.1) is 23.5 Å². The van der Waals surface area contributed by atoms with Crippen LogP contribution in [-0.2, 0) is 6.54 Å². The monoisotopic (exact) mass is 282 g/mol. The SMILES string of the molecule is O=C(NCc1cnc[nH]1)c1c(F)ccc([N+](=O)[O-])c1F. The van der Waals surface area contributed by atoms with E-state index in [4.69, 9.17) is 0 Å². The van der Waals surface area contributed by atoms with E-state index in [0.29, 0.717) is 17.8 Å². The Morgan fingerprint density at radius 1 is 1.45 bits per heavy atom. The number of halogens is 2. The Labute approximate surface area is 110 Å². The zero-order valence-corrected chi connectivity index (χ0v) is 9.89. The summed E-state index contributed by atoms with van der Waals surface area (Å²) in [6, 6.07) is 1.34. The highest BCUT2D eigenvalue weighted by molar-refractivity contribution is 5.95. The Morgan fingerprint density at radius 3 is 2.80 bits per heavy atom. The summed E-state index contributed by atoms with van der Waals surface area (Å²) in [4.78, 5) is 27.6. The highest BCUT2D eigenvalue weighted by Gasteiger charge is 2.25. The number of nitro groups is 1. The molecule has 0 aliphatic carbocycles. The van der Waals surface area contributed by atoms with Gasteiger partial charge in [-0.25, -0.2) is 9.37 Å². The number of rotatable bonds is 4. The first-order valence-corrected chi connectivity index (χ1v) is 5.38. The summed E-state index contributed by atoms with van der Waals surface area (Å²) < 4.78 is 27.2. The van der Waals surface area contributed by atoms with E-state index in [1.54, 1.807) is 0 Å². The highest BCUT2D eigenvalue weighted by atomic mass is 19.1. The van der Waals surface area contributed by atoms with Crippen molar-refractivity contribution in [3.05, 3.63) is 57.7 Å². The van der Waals surface area contributed by atoms with Crippen LogP contribution in [0, 0.1) is 21.7 Å². The Morgan fingerprint density at radius 2 is 2.20 bits per heavy atom. The first kappa shape index (κ1) is 13.6. The number of hydrogen-bond donors (Lipinski definition) is 2. The largest absolute Gasteiger partial charge is 0.347 e. The summed E-state index contributed by atoms with van der Waals surface area (Å²) in [5.41, 5.74) is -1.43. The number of nitro benzene ring substituents is 1. The maximum atomic E-state index is 13.7. The number of aromatic amines is 1. The third-order valence-corrected chi connectivity index (χ3v) is 2.49. The molecule has 20 heavy (non-hydrogen) atoms. The fourth-order valence-electron chi connectivity index (χ4n) is 1.54. The summed E-state index contributed by atoms with van der Waals surface area (Å²) in [5.74, 6) is -3.76. The van der Waals surface area contributed by atoms with Crippen LogP contribution >= 0.6 is 0 Å². The average Bonchev–Trinajstić information content (AvgIpc) is 2.89. The summed E-state index contributed by atoms with van der Waals surface area (Å²) in [5, 5.41) is 12.8. The molecule has 0 radical (unpaired) electrons. The van der Waals surface area contributed by atoms with Gasteiger partial charge in [0.15, 0.2) is 0 Å². The van der Waals surface area contributed by atoms with Crippen molar-refractivity contribution in [3.63, 3.8) is 0 Å². The van der Waals surface area contributed by atoms with Crippen molar-refractivity contribution >= 4 is 11.6 Å². The molecule has 0 aliphatic heterocycles. The minimum Gasteiger partial charge on any atom is -0.347 e. The number of carbonyl (C=O) groups excluding carboxylic acids is 1. The van der Waals surface area contributed by atoms with Crippen molar-refractivity contribution in [1.29, 1.82) is 0 Å². The zero-order chi connectivity index (χ0) is 14.7. The minimum absolute atomic E-state index is 0.0413. The van der Waals surface area contributed by atoms with Crippen LogP contribution in [0.3, 0.4) is 0 Å². The second-order valence-electron chi connectivity index (χ2n) is 3.77. The molecular weight excluding hydrogens is 274 g/mol. The molecule has 2 N–H and O–H groups in total. The zero-order valence-electron chi connectivity index (χ0n) is 9.89. The average molecular weight is 282 g/mol. The van der Waals surface area contributed by atoms with Crippen LogP contribution in [0.15, 0.2) is 24.7 Å². The first-order valence-electron chi connectivity index (χ1n) is 5.38. The lowest BCUT2D eigenvalue weighted by Gasteiger charge is -2.06.